The number of benzene rings is 1. The summed E-state index contributed by atoms with van der Waals surface area (Å²) in [4.78, 5) is 0. The predicted molar refractivity (Wildman–Crippen MR) is 68.5 cm³/mol. The lowest BCUT2D eigenvalue weighted by Gasteiger charge is -2.17. The number of anilines is 1. The molecule has 0 bridgehead atoms. The van der Waals surface area contributed by atoms with Crippen LogP contribution in [0.5, 0.6) is 0 Å². The van der Waals surface area contributed by atoms with Crippen LogP contribution in [0.15, 0.2) is 18.2 Å². The van der Waals surface area contributed by atoms with Crippen LogP contribution in [0, 0.1) is 24.2 Å². The van der Waals surface area contributed by atoms with Gasteiger partial charge in [0.05, 0.1) is 12.0 Å². The number of hydrogen-bond acceptors (Lipinski definition) is 2. The van der Waals surface area contributed by atoms with E-state index in [1.807, 2.05) is 6.92 Å². The summed E-state index contributed by atoms with van der Waals surface area (Å²) in [5.74, 6) is 0.541. The third kappa shape index (κ3) is 3.00. The molecule has 0 saturated heterocycles. The Hall–Kier alpha value is -1.49. The molecule has 2 heteroatoms. The van der Waals surface area contributed by atoms with Gasteiger partial charge >= 0.3 is 0 Å². The summed E-state index contributed by atoms with van der Waals surface area (Å²) in [6.07, 6.45) is 0. The molecule has 16 heavy (non-hydrogen) atoms. The van der Waals surface area contributed by atoms with Crippen molar-refractivity contribution in [2.24, 2.45) is 5.92 Å². The molecule has 1 atom stereocenters. The van der Waals surface area contributed by atoms with Crippen molar-refractivity contribution in [3.8, 4) is 6.07 Å². The van der Waals surface area contributed by atoms with E-state index in [1.54, 1.807) is 0 Å². The normalized spacial score (nSPS) is 12.2. The molecule has 0 fully saturated rings. The van der Waals surface area contributed by atoms with Gasteiger partial charge in [0.2, 0.25) is 0 Å². The van der Waals surface area contributed by atoms with Crippen LogP contribution in [0.2, 0.25) is 0 Å². The molecule has 0 radical (unpaired) electrons. The fourth-order valence-corrected chi connectivity index (χ4v) is 1.71. The minimum absolute atomic E-state index is 0.0413. The number of hydrogen-bond donors (Lipinski definition) is 1. The van der Waals surface area contributed by atoms with E-state index in [1.165, 1.54) is 16.8 Å². The van der Waals surface area contributed by atoms with Gasteiger partial charge in [0.25, 0.3) is 0 Å². The molecular formula is C14H20N2. The van der Waals surface area contributed by atoms with Crippen LogP contribution < -0.4 is 5.32 Å². The van der Waals surface area contributed by atoms with Crippen LogP contribution in [-0.4, -0.2) is 6.54 Å². The maximum absolute atomic E-state index is 8.77. The van der Waals surface area contributed by atoms with Crippen molar-refractivity contribution in [1.82, 2.24) is 0 Å². The third-order valence-corrected chi connectivity index (χ3v) is 2.73. The number of rotatable bonds is 4. The lowest BCUT2D eigenvalue weighted by molar-refractivity contribution is 0.779. The molecular weight excluding hydrogens is 196 g/mol. The second kappa shape index (κ2) is 5.55. The summed E-state index contributed by atoms with van der Waals surface area (Å²) in [6.45, 7) is 9.12. The molecule has 0 aliphatic rings. The number of nitrogens with zero attached hydrogens (tertiary/aromatic N) is 1. The molecule has 1 aromatic carbocycles. The van der Waals surface area contributed by atoms with E-state index >= 15 is 0 Å². The number of aryl methyl sites for hydroxylation is 1. The molecule has 0 aliphatic heterocycles. The third-order valence-electron chi connectivity index (χ3n) is 2.73. The van der Waals surface area contributed by atoms with Gasteiger partial charge in [-0.1, -0.05) is 32.0 Å². The molecule has 1 aromatic rings. The Kier molecular flexibility index (Phi) is 4.37. The highest BCUT2D eigenvalue weighted by Crippen LogP contribution is 2.27. The topological polar surface area (TPSA) is 35.8 Å². The van der Waals surface area contributed by atoms with E-state index in [0.29, 0.717) is 12.5 Å². The molecule has 0 amide bonds. The zero-order valence-electron chi connectivity index (χ0n) is 10.5. The quantitative estimate of drug-likeness (QED) is 0.833. The van der Waals surface area contributed by atoms with E-state index in [4.69, 9.17) is 5.26 Å². The number of nitriles is 1. The van der Waals surface area contributed by atoms with E-state index in [9.17, 15) is 0 Å². The highest BCUT2D eigenvalue weighted by atomic mass is 14.9. The lowest BCUT2D eigenvalue weighted by atomic mass is 9.98. The average molecular weight is 216 g/mol. The van der Waals surface area contributed by atoms with E-state index in [0.717, 1.165) is 0 Å². The molecule has 1 rings (SSSR count). The summed E-state index contributed by atoms with van der Waals surface area (Å²) in [7, 11) is 0. The van der Waals surface area contributed by atoms with Gasteiger partial charge in [0, 0.05) is 12.2 Å². The Balaban J connectivity index is 2.89. The summed E-state index contributed by atoms with van der Waals surface area (Å²) < 4.78 is 0. The SMILES string of the molecule is Cc1cccc(C(C)C)c1NCC(C)C#N. The zero-order chi connectivity index (χ0) is 12.1. The summed E-state index contributed by atoms with van der Waals surface area (Å²) in [5, 5.41) is 12.2. The second-order valence-corrected chi connectivity index (χ2v) is 4.60. The maximum Gasteiger partial charge on any atom is 0.0671 e. The standard InChI is InChI=1S/C14H20N2/c1-10(2)13-7-5-6-12(4)14(13)16-9-11(3)8-15/h5-7,10-11,16H,9H2,1-4H3. The largest absolute Gasteiger partial charge is 0.383 e. The smallest absolute Gasteiger partial charge is 0.0671 e. The fourth-order valence-electron chi connectivity index (χ4n) is 1.71. The van der Waals surface area contributed by atoms with E-state index < -0.39 is 0 Å². The lowest BCUT2D eigenvalue weighted by Crippen LogP contribution is -2.12. The molecule has 86 valence electrons. The van der Waals surface area contributed by atoms with Crippen LogP contribution >= 0.6 is 0 Å². The molecule has 0 saturated carbocycles. The van der Waals surface area contributed by atoms with Gasteiger partial charge in [-0.25, -0.2) is 0 Å². The van der Waals surface area contributed by atoms with Crippen molar-refractivity contribution in [2.45, 2.75) is 33.6 Å². The van der Waals surface area contributed by atoms with Crippen molar-refractivity contribution < 1.29 is 0 Å². The van der Waals surface area contributed by atoms with E-state index in [-0.39, 0.29) is 5.92 Å². The number of nitrogens with one attached hydrogen (secondary N) is 1. The van der Waals surface area contributed by atoms with Gasteiger partial charge in [-0.15, -0.1) is 0 Å². The van der Waals surface area contributed by atoms with Crippen LogP contribution in [0.1, 0.15) is 37.8 Å². The molecule has 2 nitrogen and oxygen atoms in total. The van der Waals surface area contributed by atoms with Gasteiger partial charge in [0.15, 0.2) is 0 Å². The van der Waals surface area contributed by atoms with Crippen molar-refractivity contribution in [1.29, 1.82) is 5.26 Å². The molecule has 1 N–H and O–H groups in total. The molecule has 0 heterocycles. The van der Waals surface area contributed by atoms with Crippen LogP contribution in [0.25, 0.3) is 0 Å². The predicted octanol–water partition coefficient (Wildman–Crippen LogP) is 3.69. The van der Waals surface area contributed by atoms with Crippen molar-refractivity contribution in [2.75, 3.05) is 11.9 Å². The minimum atomic E-state index is 0.0413. The van der Waals surface area contributed by atoms with E-state index in [2.05, 4.69) is 50.4 Å². The monoisotopic (exact) mass is 216 g/mol. The second-order valence-electron chi connectivity index (χ2n) is 4.60. The van der Waals surface area contributed by atoms with Gasteiger partial charge in [-0.3, -0.25) is 0 Å². The molecule has 0 aromatic heterocycles. The number of para-hydroxylation sites is 1. The Morgan fingerprint density at radius 3 is 2.56 bits per heavy atom. The van der Waals surface area contributed by atoms with Crippen molar-refractivity contribution in [3.05, 3.63) is 29.3 Å². The highest BCUT2D eigenvalue weighted by Gasteiger charge is 2.09. The summed E-state index contributed by atoms with van der Waals surface area (Å²) in [6, 6.07) is 8.58. The highest BCUT2D eigenvalue weighted by molar-refractivity contribution is 5.58. The Morgan fingerprint density at radius 2 is 2.00 bits per heavy atom. The minimum Gasteiger partial charge on any atom is -0.383 e. The van der Waals surface area contributed by atoms with Crippen LogP contribution in [-0.2, 0) is 0 Å². The molecule has 0 spiro atoms. The summed E-state index contributed by atoms with van der Waals surface area (Å²) >= 11 is 0. The Bertz CT molecular complexity index is 388. The fraction of sp³-hybridized carbons (Fsp3) is 0.500. The zero-order valence-corrected chi connectivity index (χ0v) is 10.5. The van der Waals surface area contributed by atoms with Gasteiger partial charge < -0.3 is 5.32 Å². The van der Waals surface area contributed by atoms with Crippen molar-refractivity contribution >= 4 is 5.69 Å². The summed E-state index contributed by atoms with van der Waals surface area (Å²) in [5.41, 5.74) is 3.76. The molecule has 1 unspecified atom stereocenters. The van der Waals surface area contributed by atoms with Crippen molar-refractivity contribution in [3.63, 3.8) is 0 Å². The Labute approximate surface area is 98.3 Å². The van der Waals surface area contributed by atoms with Crippen LogP contribution in [0.4, 0.5) is 5.69 Å². The first-order valence-corrected chi connectivity index (χ1v) is 5.79. The average Bonchev–Trinajstić information content (AvgIpc) is 2.26. The first kappa shape index (κ1) is 12.6. The van der Waals surface area contributed by atoms with Gasteiger partial charge in [-0.05, 0) is 30.9 Å². The van der Waals surface area contributed by atoms with Gasteiger partial charge in [0.1, 0.15) is 0 Å². The molecule has 0 aliphatic carbocycles. The van der Waals surface area contributed by atoms with Gasteiger partial charge in [-0.2, -0.15) is 5.26 Å². The Morgan fingerprint density at radius 1 is 1.31 bits per heavy atom. The first-order valence-electron chi connectivity index (χ1n) is 5.79. The van der Waals surface area contributed by atoms with Crippen LogP contribution in [0.3, 0.4) is 0 Å². The first-order chi connectivity index (χ1) is 7.56. The maximum atomic E-state index is 8.77.